The molecule has 192 valence electrons. The van der Waals surface area contributed by atoms with E-state index in [9.17, 15) is 9.59 Å². The number of carbonyl (C=O) groups excluding carboxylic acids is 2. The molecular formula is C32H24ClN3O2S. The molecule has 0 saturated carbocycles. The molecule has 0 bridgehead atoms. The van der Waals surface area contributed by atoms with Gasteiger partial charge in [-0.1, -0.05) is 72.3 Å². The Bertz CT molecular complexity index is 1560. The van der Waals surface area contributed by atoms with Crippen LogP contribution in [0.5, 0.6) is 0 Å². The summed E-state index contributed by atoms with van der Waals surface area (Å²) in [7, 11) is 0. The van der Waals surface area contributed by atoms with Crippen LogP contribution in [0.2, 0.25) is 5.02 Å². The van der Waals surface area contributed by atoms with Crippen molar-refractivity contribution in [2.75, 3.05) is 21.2 Å². The molecule has 0 unspecified atom stereocenters. The number of para-hydroxylation sites is 2. The van der Waals surface area contributed by atoms with Crippen molar-refractivity contribution in [1.82, 2.24) is 0 Å². The zero-order valence-corrected chi connectivity index (χ0v) is 22.5. The molecule has 2 aliphatic rings. The minimum Gasteiger partial charge on any atom is -0.367 e. The standard InChI is InChI=1S/C32H24ClN3O2S/c33-28-14-8-7-9-24(28)21-34-18-17-23-19-22(15-16-29(23)34)20-27-30(37)35(25-10-3-1-4-11-25)32(39)36(31(27)38)26-12-5-2-6-13-26/h1-16,19-20H,17-18,21H2. The SMILES string of the molecule is O=C1C(=Cc2ccc3c(c2)CCN3Cc2ccccc2Cl)C(=O)N(c2ccccc2)C(=S)N1c1ccccc1. The fourth-order valence-corrected chi connectivity index (χ4v) is 5.65. The number of amides is 2. The second-order valence-corrected chi connectivity index (χ2v) is 10.2. The molecule has 0 aromatic heterocycles. The van der Waals surface area contributed by atoms with Crippen LogP contribution in [0.1, 0.15) is 16.7 Å². The number of rotatable bonds is 5. The predicted molar refractivity (Wildman–Crippen MR) is 161 cm³/mol. The van der Waals surface area contributed by atoms with Crippen LogP contribution >= 0.6 is 23.8 Å². The Morgan fingerprint density at radius 2 is 1.36 bits per heavy atom. The van der Waals surface area contributed by atoms with Gasteiger partial charge in [0.2, 0.25) is 0 Å². The Morgan fingerprint density at radius 1 is 0.769 bits per heavy atom. The van der Waals surface area contributed by atoms with Crippen LogP contribution in [-0.2, 0) is 22.6 Å². The van der Waals surface area contributed by atoms with E-state index in [1.54, 1.807) is 6.08 Å². The van der Waals surface area contributed by atoms with E-state index >= 15 is 0 Å². The van der Waals surface area contributed by atoms with Crippen LogP contribution in [0.4, 0.5) is 17.1 Å². The minimum atomic E-state index is -0.441. The van der Waals surface area contributed by atoms with E-state index in [-0.39, 0.29) is 10.7 Å². The molecular weight excluding hydrogens is 526 g/mol. The van der Waals surface area contributed by atoms with Crippen LogP contribution in [-0.4, -0.2) is 23.5 Å². The summed E-state index contributed by atoms with van der Waals surface area (Å²) in [4.78, 5) is 32.7. The molecule has 2 amide bonds. The lowest BCUT2D eigenvalue weighted by Crippen LogP contribution is -2.56. The number of hydrogen-bond donors (Lipinski definition) is 0. The van der Waals surface area contributed by atoms with Crippen LogP contribution in [0.15, 0.2) is 109 Å². The summed E-state index contributed by atoms with van der Waals surface area (Å²) in [6, 6.07) is 32.3. The Balaban J connectivity index is 1.36. The first-order chi connectivity index (χ1) is 19.0. The Morgan fingerprint density at radius 3 is 1.97 bits per heavy atom. The molecule has 0 radical (unpaired) electrons. The number of carbonyl (C=O) groups is 2. The topological polar surface area (TPSA) is 43.9 Å². The minimum absolute atomic E-state index is 0.0576. The molecule has 1 saturated heterocycles. The molecule has 2 heterocycles. The van der Waals surface area contributed by atoms with Crippen molar-refractivity contribution in [3.05, 3.63) is 130 Å². The van der Waals surface area contributed by atoms with Gasteiger partial charge in [0.1, 0.15) is 5.57 Å². The zero-order valence-electron chi connectivity index (χ0n) is 21.0. The van der Waals surface area contributed by atoms with E-state index in [1.165, 1.54) is 15.4 Å². The van der Waals surface area contributed by atoms with Crippen molar-refractivity contribution in [2.24, 2.45) is 0 Å². The number of hydrogen-bond acceptors (Lipinski definition) is 4. The van der Waals surface area contributed by atoms with Gasteiger partial charge in [-0.3, -0.25) is 19.4 Å². The Kier molecular flexibility index (Phi) is 6.73. The van der Waals surface area contributed by atoms with E-state index in [2.05, 4.69) is 17.0 Å². The lowest BCUT2D eigenvalue weighted by Gasteiger charge is -2.36. The van der Waals surface area contributed by atoms with E-state index in [4.69, 9.17) is 23.8 Å². The van der Waals surface area contributed by atoms with Crippen molar-refractivity contribution in [1.29, 1.82) is 0 Å². The summed E-state index contributed by atoms with van der Waals surface area (Å²) in [5.74, 6) is -0.881. The van der Waals surface area contributed by atoms with Crippen LogP contribution in [0, 0.1) is 0 Å². The first-order valence-electron chi connectivity index (χ1n) is 12.7. The summed E-state index contributed by atoms with van der Waals surface area (Å²) in [6.45, 7) is 1.59. The monoisotopic (exact) mass is 549 g/mol. The third-order valence-electron chi connectivity index (χ3n) is 7.00. The Hall–Kier alpha value is -4.26. The van der Waals surface area contributed by atoms with Gasteiger partial charge in [-0.05, 0) is 83.9 Å². The lowest BCUT2D eigenvalue weighted by atomic mass is 10.0. The molecule has 2 aliphatic heterocycles. The molecule has 0 spiro atoms. The van der Waals surface area contributed by atoms with Gasteiger partial charge in [-0.15, -0.1) is 0 Å². The second-order valence-electron chi connectivity index (χ2n) is 9.44. The van der Waals surface area contributed by atoms with Crippen LogP contribution in [0.25, 0.3) is 6.08 Å². The van der Waals surface area contributed by atoms with Gasteiger partial charge in [-0.2, -0.15) is 0 Å². The van der Waals surface area contributed by atoms with Gasteiger partial charge in [0.15, 0.2) is 5.11 Å². The van der Waals surface area contributed by atoms with Gasteiger partial charge in [0.05, 0.1) is 11.4 Å². The van der Waals surface area contributed by atoms with Crippen molar-refractivity contribution in [3.63, 3.8) is 0 Å². The van der Waals surface area contributed by atoms with Gasteiger partial charge in [0, 0.05) is 23.8 Å². The highest BCUT2D eigenvalue weighted by Crippen LogP contribution is 2.34. The average Bonchev–Trinajstić information content (AvgIpc) is 3.35. The van der Waals surface area contributed by atoms with Crippen molar-refractivity contribution >= 4 is 63.9 Å². The fraction of sp³-hybridized carbons (Fsp3) is 0.0938. The maximum atomic E-state index is 13.8. The summed E-state index contributed by atoms with van der Waals surface area (Å²) < 4.78 is 0. The third-order valence-corrected chi connectivity index (χ3v) is 7.74. The molecule has 4 aromatic carbocycles. The molecule has 1 fully saturated rings. The number of fused-ring (bicyclic) bond motifs is 1. The van der Waals surface area contributed by atoms with Crippen LogP contribution in [0.3, 0.4) is 0 Å². The lowest BCUT2D eigenvalue weighted by molar-refractivity contribution is -0.120. The molecule has 7 heteroatoms. The maximum Gasteiger partial charge on any atom is 0.270 e. The van der Waals surface area contributed by atoms with E-state index in [0.717, 1.165) is 41.3 Å². The highest BCUT2D eigenvalue weighted by atomic mass is 35.5. The second kappa shape index (κ2) is 10.5. The molecule has 6 rings (SSSR count). The van der Waals surface area contributed by atoms with Gasteiger partial charge >= 0.3 is 0 Å². The van der Waals surface area contributed by atoms with E-state index < -0.39 is 11.8 Å². The third kappa shape index (κ3) is 4.73. The first-order valence-corrected chi connectivity index (χ1v) is 13.5. The van der Waals surface area contributed by atoms with Crippen molar-refractivity contribution in [3.8, 4) is 0 Å². The largest absolute Gasteiger partial charge is 0.367 e. The molecule has 5 nitrogen and oxygen atoms in total. The molecule has 0 N–H and O–H groups in total. The van der Waals surface area contributed by atoms with E-state index in [0.29, 0.717) is 11.4 Å². The van der Waals surface area contributed by atoms with Crippen molar-refractivity contribution in [2.45, 2.75) is 13.0 Å². The fourth-order valence-electron chi connectivity index (χ4n) is 5.08. The van der Waals surface area contributed by atoms with Crippen LogP contribution < -0.4 is 14.7 Å². The number of nitrogens with zero attached hydrogens (tertiary/aromatic N) is 3. The quantitative estimate of drug-likeness (QED) is 0.159. The number of halogens is 1. The smallest absolute Gasteiger partial charge is 0.270 e. The Labute approximate surface area is 237 Å². The normalized spacial score (nSPS) is 15.2. The molecule has 0 aliphatic carbocycles. The summed E-state index contributed by atoms with van der Waals surface area (Å²) in [5.41, 5.74) is 5.45. The van der Waals surface area contributed by atoms with E-state index in [1.807, 2.05) is 91.0 Å². The predicted octanol–water partition coefficient (Wildman–Crippen LogP) is 6.65. The summed E-state index contributed by atoms with van der Waals surface area (Å²) in [6.07, 6.45) is 2.55. The zero-order chi connectivity index (χ0) is 26.9. The maximum absolute atomic E-state index is 13.8. The molecule has 0 atom stereocenters. The highest BCUT2D eigenvalue weighted by Gasteiger charge is 2.41. The molecule has 39 heavy (non-hydrogen) atoms. The number of thiocarbonyl (C=S) groups is 1. The van der Waals surface area contributed by atoms with Gasteiger partial charge < -0.3 is 4.90 Å². The highest BCUT2D eigenvalue weighted by molar-refractivity contribution is 7.81. The average molecular weight is 550 g/mol. The van der Waals surface area contributed by atoms with Gasteiger partial charge in [0.25, 0.3) is 11.8 Å². The first kappa shape index (κ1) is 25.0. The summed E-state index contributed by atoms with van der Waals surface area (Å²) in [5, 5.41) is 0.884. The summed E-state index contributed by atoms with van der Waals surface area (Å²) >= 11 is 12.1. The molecule has 4 aromatic rings. The van der Waals surface area contributed by atoms with Gasteiger partial charge in [-0.25, -0.2) is 0 Å². The number of benzene rings is 4. The number of anilines is 3. The van der Waals surface area contributed by atoms with Crippen molar-refractivity contribution < 1.29 is 9.59 Å².